The van der Waals surface area contributed by atoms with Crippen LogP contribution >= 0.6 is 0 Å². The summed E-state index contributed by atoms with van der Waals surface area (Å²) in [5.41, 5.74) is 8.71. The van der Waals surface area contributed by atoms with Crippen LogP contribution in [0.3, 0.4) is 0 Å². The first-order valence-electron chi connectivity index (χ1n) is 7.92. The molecule has 0 spiro atoms. The summed E-state index contributed by atoms with van der Waals surface area (Å²) in [7, 11) is 0. The summed E-state index contributed by atoms with van der Waals surface area (Å²) in [6, 6.07) is 6.14. The van der Waals surface area contributed by atoms with Gasteiger partial charge in [-0.25, -0.2) is 0 Å². The maximum Gasteiger partial charge on any atom is 0.144 e. The van der Waals surface area contributed by atoms with Gasteiger partial charge in [0.2, 0.25) is 0 Å². The summed E-state index contributed by atoms with van der Waals surface area (Å²) in [5.74, 6) is 0.829. The van der Waals surface area contributed by atoms with Crippen molar-refractivity contribution in [1.29, 1.82) is 0 Å². The molecule has 2 rings (SSSR count). The molecule has 1 fully saturated rings. The van der Waals surface area contributed by atoms with E-state index in [-0.39, 0.29) is 0 Å². The zero-order chi connectivity index (χ0) is 14.6. The topological polar surface area (TPSA) is 38.5 Å². The van der Waals surface area contributed by atoms with Crippen LogP contribution in [0.25, 0.3) is 0 Å². The van der Waals surface area contributed by atoms with Gasteiger partial charge in [0.05, 0.1) is 18.0 Å². The quantitative estimate of drug-likeness (QED) is 0.796. The lowest BCUT2D eigenvalue weighted by Gasteiger charge is -2.28. The summed E-state index contributed by atoms with van der Waals surface area (Å²) in [6.07, 6.45) is 4.75. The number of para-hydroxylation sites is 1. The van der Waals surface area contributed by atoms with E-state index in [0.29, 0.717) is 5.41 Å². The van der Waals surface area contributed by atoms with E-state index in [0.717, 1.165) is 43.2 Å². The first kappa shape index (κ1) is 15.0. The summed E-state index contributed by atoms with van der Waals surface area (Å²) in [6.45, 7) is 9.65. The molecule has 0 bridgehead atoms. The second-order valence-corrected chi connectivity index (χ2v) is 5.92. The molecule has 1 saturated heterocycles. The van der Waals surface area contributed by atoms with E-state index in [1.165, 1.54) is 19.3 Å². The lowest BCUT2D eigenvalue weighted by molar-refractivity contribution is 0.301. The molecular weight excluding hydrogens is 248 g/mol. The Morgan fingerprint density at radius 3 is 2.60 bits per heavy atom. The SMILES string of the molecule is CCCOc1cccc(N2CCC(CC)(CC)C2)c1N. The maximum absolute atomic E-state index is 6.31. The third-order valence-electron chi connectivity index (χ3n) is 4.78. The second-order valence-electron chi connectivity index (χ2n) is 5.92. The Balaban J connectivity index is 2.18. The zero-order valence-corrected chi connectivity index (χ0v) is 13.1. The fourth-order valence-electron chi connectivity index (χ4n) is 3.11. The highest BCUT2D eigenvalue weighted by atomic mass is 16.5. The number of hydrogen-bond donors (Lipinski definition) is 1. The number of nitrogens with zero attached hydrogens (tertiary/aromatic N) is 1. The van der Waals surface area contributed by atoms with E-state index in [2.05, 4.69) is 37.8 Å². The number of ether oxygens (including phenoxy) is 1. The largest absolute Gasteiger partial charge is 0.491 e. The van der Waals surface area contributed by atoms with E-state index in [1.54, 1.807) is 0 Å². The molecule has 0 amide bonds. The number of anilines is 2. The van der Waals surface area contributed by atoms with Crippen molar-refractivity contribution in [3.05, 3.63) is 18.2 Å². The lowest BCUT2D eigenvalue weighted by Crippen LogP contribution is -2.26. The van der Waals surface area contributed by atoms with Crippen molar-refractivity contribution in [2.75, 3.05) is 30.3 Å². The number of benzene rings is 1. The number of rotatable bonds is 6. The van der Waals surface area contributed by atoms with Gasteiger partial charge in [-0.3, -0.25) is 0 Å². The van der Waals surface area contributed by atoms with Crippen LogP contribution in [0.5, 0.6) is 5.75 Å². The fraction of sp³-hybridized carbons (Fsp3) is 0.647. The summed E-state index contributed by atoms with van der Waals surface area (Å²) >= 11 is 0. The first-order valence-corrected chi connectivity index (χ1v) is 7.92. The van der Waals surface area contributed by atoms with Crippen molar-refractivity contribution >= 4 is 11.4 Å². The first-order chi connectivity index (χ1) is 9.65. The smallest absolute Gasteiger partial charge is 0.144 e. The standard InChI is InChI=1S/C17H28N2O/c1-4-12-20-15-9-7-8-14(16(15)18)19-11-10-17(5-2,6-3)13-19/h7-9H,4-6,10-13,18H2,1-3H3. The van der Waals surface area contributed by atoms with Gasteiger partial charge in [0, 0.05) is 13.1 Å². The molecule has 1 aromatic carbocycles. The maximum atomic E-state index is 6.31. The van der Waals surface area contributed by atoms with Crippen LogP contribution in [0.2, 0.25) is 0 Å². The van der Waals surface area contributed by atoms with Crippen LogP contribution in [0, 0.1) is 5.41 Å². The molecule has 1 aromatic rings. The van der Waals surface area contributed by atoms with Crippen molar-refractivity contribution in [2.24, 2.45) is 5.41 Å². The van der Waals surface area contributed by atoms with Crippen LogP contribution in [0.4, 0.5) is 11.4 Å². The van der Waals surface area contributed by atoms with E-state index >= 15 is 0 Å². The van der Waals surface area contributed by atoms with Gasteiger partial charge in [-0.15, -0.1) is 0 Å². The number of nitrogens with two attached hydrogens (primary N) is 1. The third-order valence-corrected chi connectivity index (χ3v) is 4.78. The van der Waals surface area contributed by atoms with E-state index in [1.807, 2.05) is 6.07 Å². The van der Waals surface area contributed by atoms with Crippen LogP contribution in [-0.2, 0) is 0 Å². The van der Waals surface area contributed by atoms with Crippen molar-refractivity contribution in [1.82, 2.24) is 0 Å². The molecule has 0 radical (unpaired) electrons. The number of hydrogen-bond acceptors (Lipinski definition) is 3. The molecule has 1 heterocycles. The van der Waals surface area contributed by atoms with Gasteiger partial charge in [0.15, 0.2) is 0 Å². The van der Waals surface area contributed by atoms with E-state index < -0.39 is 0 Å². The van der Waals surface area contributed by atoms with Crippen molar-refractivity contribution < 1.29 is 4.74 Å². The van der Waals surface area contributed by atoms with Crippen molar-refractivity contribution in [3.63, 3.8) is 0 Å². The van der Waals surface area contributed by atoms with Gasteiger partial charge in [0.1, 0.15) is 5.75 Å². The Bertz CT molecular complexity index is 441. The molecule has 2 N–H and O–H groups in total. The van der Waals surface area contributed by atoms with Crippen LogP contribution in [-0.4, -0.2) is 19.7 Å². The minimum atomic E-state index is 0.465. The molecule has 0 unspecified atom stereocenters. The number of nitrogen functional groups attached to an aromatic ring is 1. The van der Waals surface area contributed by atoms with Crippen LogP contribution in [0.15, 0.2) is 18.2 Å². The predicted octanol–water partition coefficient (Wildman–Crippen LogP) is 4.07. The van der Waals surface area contributed by atoms with E-state index in [4.69, 9.17) is 10.5 Å². The highest BCUT2D eigenvalue weighted by Crippen LogP contribution is 2.42. The Kier molecular flexibility index (Phi) is 4.79. The van der Waals surface area contributed by atoms with Gasteiger partial charge in [-0.1, -0.05) is 26.8 Å². The minimum absolute atomic E-state index is 0.465. The van der Waals surface area contributed by atoms with Gasteiger partial charge in [-0.2, -0.15) is 0 Å². The van der Waals surface area contributed by atoms with Gasteiger partial charge < -0.3 is 15.4 Å². The predicted molar refractivity (Wildman–Crippen MR) is 86.5 cm³/mol. The van der Waals surface area contributed by atoms with E-state index in [9.17, 15) is 0 Å². The second kappa shape index (κ2) is 6.38. The molecular formula is C17H28N2O. The Morgan fingerprint density at radius 2 is 2.00 bits per heavy atom. The molecule has 0 aromatic heterocycles. The molecule has 0 atom stereocenters. The monoisotopic (exact) mass is 276 g/mol. The van der Waals surface area contributed by atoms with Crippen LogP contribution in [0.1, 0.15) is 46.5 Å². The summed E-state index contributed by atoms with van der Waals surface area (Å²) in [5, 5.41) is 0. The van der Waals surface area contributed by atoms with Crippen molar-refractivity contribution in [3.8, 4) is 5.75 Å². The lowest BCUT2D eigenvalue weighted by atomic mass is 9.82. The highest BCUT2D eigenvalue weighted by Gasteiger charge is 2.35. The fourth-order valence-corrected chi connectivity index (χ4v) is 3.11. The van der Waals surface area contributed by atoms with Gasteiger partial charge in [-0.05, 0) is 43.2 Å². The Hall–Kier alpha value is -1.38. The molecule has 0 saturated carbocycles. The van der Waals surface area contributed by atoms with Crippen LogP contribution < -0.4 is 15.4 Å². The molecule has 1 aliphatic rings. The highest BCUT2D eigenvalue weighted by molar-refractivity contribution is 5.74. The minimum Gasteiger partial charge on any atom is -0.491 e. The third kappa shape index (κ3) is 2.87. The van der Waals surface area contributed by atoms with Gasteiger partial charge >= 0.3 is 0 Å². The average molecular weight is 276 g/mol. The summed E-state index contributed by atoms with van der Waals surface area (Å²) in [4.78, 5) is 2.43. The summed E-state index contributed by atoms with van der Waals surface area (Å²) < 4.78 is 5.74. The Labute approximate surface area is 123 Å². The zero-order valence-electron chi connectivity index (χ0n) is 13.1. The van der Waals surface area contributed by atoms with Crippen molar-refractivity contribution in [2.45, 2.75) is 46.5 Å². The normalized spacial score (nSPS) is 17.4. The molecule has 1 aliphatic heterocycles. The van der Waals surface area contributed by atoms with Gasteiger partial charge in [0.25, 0.3) is 0 Å². The molecule has 0 aliphatic carbocycles. The molecule has 3 heteroatoms. The Morgan fingerprint density at radius 1 is 1.25 bits per heavy atom. The molecule has 3 nitrogen and oxygen atoms in total. The average Bonchev–Trinajstić information content (AvgIpc) is 2.91. The molecule has 20 heavy (non-hydrogen) atoms. The molecule has 112 valence electrons.